The molecule has 0 radical (unpaired) electrons. The van der Waals surface area contributed by atoms with E-state index in [1.54, 1.807) is 6.92 Å². The van der Waals surface area contributed by atoms with Gasteiger partial charge in [-0.25, -0.2) is 4.79 Å². The van der Waals surface area contributed by atoms with Crippen LogP contribution in [0.2, 0.25) is 0 Å². The van der Waals surface area contributed by atoms with Crippen molar-refractivity contribution in [1.29, 1.82) is 0 Å². The van der Waals surface area contributed by atoms with Crippen LogP contribution in [0.5, 0.6) is 0 Å². The molecule has 1 aromatic carbocycles. The number of rotatable bonds is 4. The van der Waals surface area contributed by atoms with Gasteiger partial charge in [0.1, 0.15) is 0 Å². The van der Waals surface area contributed by atoms with Gasteiger partial charge in [-0.1, -0.05) is 0 Å². The Morgan fingerprint density at radius 1 is 1.32 bits per heavy atom. The molecular formula is C14H21N3O2. The number of nitrogens with zero attached hydrogens (tertiary/aromatic N) is 2. The van der Waals surface area contributed by atoms with Gasteiger partial charge in [0.25, 0.3) is 0 Å². The standard InChI is InChI=1S/C14H21N3O2/c1-5-15-11(3)17(4)13-9-7-12(8-10-13)16-14(18)19-6-2/h7-10H,5-6H2,1-4H3,(H,16,18)/b15-11+. The van der Waals surface area contributed by atoms with Gasteiger partial charge in [0.05, 0.1) is 12.4 Å². The number of amides is 1. The maximum absolute atomic E-state index is 11.3. The maximum atomic E-state index is 11.3. The van der Waals surface area contributed by atoms with Gasteiger partial charge in [0.15, 0.2) is 0 Å². The molecule has 0 spiro atoms. The first-order valence-electron chi connectivity index (χ1n) is 6.37. The molecule has 0 aliphatic carbocycles. The SMILES string of the molecule is CC/N=C(\C)N(C)c1ccc(NC(=O)OCC)cc1. The number of carbonyl (C=O) groups is 1. The Bertz CT molecular complexity index is 441. The van der Waals surface area contributed by atoms with E-state index in [9.17, 15) is 4.79 Å². The lowest BCUT2D eigenvalue weighted by molar-refractivity contribution is 0.168. The molecule has 0 aliphatic rings. The minimum Gasteiger partial charge on any atom is -0.450 e. The number of amidine groups is 1. The summed E-state index contributed by atoms with van der Waals surface area (Å²) in [5, 5.41) is 2.65. The minimum absolute atomic E-state index is 0.360. The second-order valence-electron chi connectivity index (χ2n) is 3.97. The summed E-state index contributed by atoms with van der Waals surface area (Å²) in [6.07, 6.45) is -0.438. The first-order valence-corrected chi connectivity index (χ1v) is 6.37. The van der Waals surface area contributed by atoms with Crippen molar-refractivity contribution >= 4 is 23.3 Å². The predicted octanol–water partition coefficient (Wildman–Crippen LogP) is 3.13. The van der Waals surface area contributed by atoms with E-state index in [0.717, 1.165) is 18.1 Å². The zero-order valence-corrected chi connectivity index (χ0v) is 11.9. The number of hydrogen-bond donors (Lipinski definition) is 1. The Balaban J connectivity index is 2.71. The van der Waals surface area contributed by atoms with Gasteiger partial charge < -0.3 is 9.64 Å². The van der Waals surface area contributed by atoms with Crippen molar-refractivity contribution in [3.63, 3.8) is 0 Å². The monoisotopic (exact) mass is 263 g/mol. The molecule has 0 saturated heterocycles. The second-order valence-corrected chi connectivity index (χ2v) is 3.97. The van der Waals surface area contributed by atoms with Crippen molar-refractivity contribution in [3.05, 3.63) is 24.3 Å². The van der Waals surface area contributed by atoms with Crippen LogP contribution in [-0.2, 0) is 4.74 Å². The average Bonchev–Trinajstić information content (AvgIpc) is 2.39. The molecule has 1 amide bonds. The van der Waals surface area contributed by atoms with Crippen LogP contribution >= 0.6 is 0 Å². The molecule has 0 saturated carbocycles. The van der Waals surface area contributed by atoms with E-state index in [-0.39, 0.29) is 0 Å². The fourth-order valence-corrected chi connectivity index (χ4v) is 1.58. The van der Waals surface area contributed by atoms with Gasteiger partial charge in [-0.3, -0.25) is 10.3 Å². The van der Waals surface area contributed by atoms with Crippen molar-refractivity contribution in [2.24, 2.45) is 4.99 Å². The summed E-state index contributed by atoms with van der Waals surface area (Å²) < 4.78 is 4.81. The topological polar surface area (TPSA) is 53.9 Å². The molecular weight excluding hydrogens is 242 g/mol. The van der Waals surface area contributed by atoms with Crippen LogP contribution in [0, 0.1) is 0 Å². The predicted molar refractivity (Wildman–Crippen MR) is 79.1 cm³/mol. The zero-order chi connectivity index (χ0) is 14.3. The molecule has 19 heavy (non-hydrogen) atoms. The number of benzene rings is 1. The number of aliphatic imine (C=N–C) groups is 1. The highest BCUT2D eigenvalue weighted by atomic mass is 16.5. The molecule has 1 aromatic rings. The Hall–Kier alpha value is -2.04. The van der Waals surface area contributed by atoms with Gasteiger partial charge in [-0.2, -0.15) is 0 Å². The Morgan fingerprint density at radius 2 is 1.95 bits per heavy atom. The van der Waals surface area contributed by atoms with E-state index < -0.39 is 6.09 Å². The Morgan fingerprint density at radius 3 is 2.47 bits per heavy atom. The highest BCUT2D eigenvalue weighted by molar-refractivity contribution is 5.95. The number of ether oxygens (including phenoxy) is 1. The van der Waals surface area contributed by atoms with Crippen molar-refractivity contribution in [2.75, 3.05) is 30.4 Å². The van der Waals surface area contributed by atoms with Crippen LogP contribution in [0.15, 0.2) is 29.3 Å². The van der Waals surface area contributed by atoms with Crippen LogP contribution in [-0.4, -0.2) is 32.1 Å². The second kappa shape index (κ2) is 7.41. The third kappa shape index (κ3) is 4.62. The minimum atomic E-state index is -0.438. The van der Waals surface area contributed by atoms with Crippen molar-refractivity contribution in [1.82, 2.24) is 0 Å². The van der Waals surface area contributed by atoms with Gasteiger partial charge in [-0.15, -0.1) is 0 Å². The van der Waals surface area contributed by atoms with Crippen LogP contribution in [0.25, 0.3) is 0 Å². The van der Waals surface area contributed by atoms with Crippen LogP contribution < -0.4 is 10.2 Å². The van der Waals surface area contributed by atoms with Gasteiger partial charge in [0.2, 0.25) is 0 Å². The van der Waals surface area contributed by atoms with Crippen LogP contribution in [0.3, 0.4) is 0 Å². The van der Waals surface area contributed by atoms with Crippen molar-refractivity contribution < 1.29 is 9.53 Å². The summed E-state index contributed by atoms with van der Waals surface area (Å²) >= 11 is 0. The summed E-state index contributed by atoms with van der Waals surface area (Å²) in [5.41, 5.74) is 1.73. The van der Waals surface area contributed by atoms with E-state index in [4.69, 9.17) is 4.74 Å². The molecule has 0 fully saturated rings. The van der Waals surface area contributed by atoms with Gasteiger partial charge in [-0.05, 0) is 45.0 Å². The van der Waals surface area contributed by atoms with Crippen LogP contribution in [0.1, 0.15) is 20.8 Å². The number of nitrogens with one attached hydrogen (secondary N) is 1. The quantitative estimate of drug-likeness (QED) is 0.670. The van der Waals surface area contributed by atoms with Crippen LogP contribution in [0.4, 0.5) is 16.2 Å². The summed E-state index contributed by atoms with van der Waals surface area (Å²) in [4.78, 5) is 17.6. The third-order valence-corrected chi connectivity index (χ3v) is 2.65. The molecule has 5 nitrogen and oxygen atoms in total. The first-order chi connectivity index (χ1) is 9.08. The zero-order valence-electron chi connectivity index (χ0n) is 11.9. The summed E-state index contributed by atoms with van der Waals surface area (Å²) in [5.74, 6) is 0.952. The summed E-state index contributed by atoms with van der Waals surface area (Å²) in [6.45, 7) is 6.86. The third-order valence-electron chi connectivity index (χ3n) is 2.65. The Kier molecular flexibility index (Phi) is 5.85. The number of hydrogen-bond acceptors (Lipinski definition) is 3. The normalized spacial score (nSPS) is 11.1. The van der Waals surface area contributed by atoms with E-state index >= 15 is 0 Å². The number of carbonyl (C=O) groups excluding carboxylic acids is 1. The molecule has 0 bridgehead atoms. The Labute approximate surface area is 114 Å². The molecule has 0 aliphatic heterocycles. The fourth-order valence-electron chi connectivity index (χ4n) is 1.58. The largest absolute Gasteiger partial charge is 0.450 e. The van der Waals surface area contributed by atoms with E-state index in [0.29, 0.717) is 12.3 Å². The lowest BCUT2D eigenvalue weighted by atomic mass is 10.2. The van der Waals surface area contributed by atoms with E-state index in [1.807, 2.05) is 50.1 Å². The van der Waals surface area contributed by atoms with E-state index in [1.165, 1.54) is 0 Å². The molecule has 0 heterocycles. The molecule has 1 rings (SSSR count). The average molecular weight is 263 g/mol. The number of anilines is 2. The first kappa shape index (κ1) is 15.0. The highest BCUT2D eigenvalue weighted by Gasteiger charge is 2.05. The fraction of sp³-hybridized carbons (Fsp3) is 0.429. The lowest BCUT2D eigenvalue weighted by Crippen LogP contribution is -2.23. The van der Waals surface area contributed by atoms with Crippen molar-refractivity contribution in [2.45, 2.75) is 20.8 Å². The highest BCUT2D eigenvalue weighted by Crippen LogP contribution is 2.17. The van der Waals surface area contributed by atoms with E-state index in [2.05, 4.69) is 10.3 Å². The smallest absolute Gasteiger partial charge is 0.411 e. The molecule has 0 unspecified atom stereocenters. The van der Waals surface area contributed by atoms with Crippen molar-refractivity contribution in [3.8, 4) is 0 Å². The molecule has 104 valence electrons. The lowest BCUT2D eigenvalue weighted by Gasteiger charge is -2.19. The molecule has 1 N–H and O–H groups in total. The maximum Gasteiger partial charge on any atom is 0.411 e. The summed E-state index contributed by atoms with van der Waals surface area (Å²) in [6, 6.07) is 7.52. The molecule has 0 aromatic heterocycles. The van der Waals surface area contributed by atoms with Gasteiger partial charge >= 0.3 is 6.09 Å². The van der Waals surface area contributed by atoms with Gasteiger partial charge in [0, 0.05) is 25.0 Å². The molecule has 0 atom stereocenters. The summed E-state index contributed by atoms with van der Waals surface area (Å²) in [7, 11) is 1.96. The molecule has 5 heteroatoms.